The maximum atomic E-state index is 12.2. The van der Waals surface area contributed by atoms with Crippen LogP contribution in [-0.2, 0) is 6.54 Å². The number of rotatable bonds is 5. The van der Waals surface area contributed by atoms with Gasteiger partial charge in [-0.1, -0.05) is 36.4 Å². The van der Waals surface area contributed by atoms with Crippen LogP contribution in [0.3, 0.4) is 0 Å². The van der Waals surface area contributed by atoms with Crippen molar-refractivity contribution in [2.75, 3.05) is 18.5 Å². The zero-order valence-corrected chi connectivity index (χ0v) is 11.1. The van der Waals surface area contributed by atoms with E-state index in [1.807, 2.05) is 30.3 Å². The highest BCUT2D eigenvalue weighted by Gasteiger charge is 2.13. The van der Waals surface area contributed by atoms with Crippen LogP contribution in [0.15, 0.2) is 54.7 Å². The molecule has 0 unspecified atom stereocenters. The second kappa shape index (κ2) is 7.25. The van der Waals surface area contributed by atoms with Gasteiger partial charge in [-0.2, -0.15) is 0 Å². The number of carbonyl (C=O) groups excluding carboxylic acids is 1. The molecule has 0 fully saturated rings. The molecule has 0 atom stereocenters. The lowest BCUT2D eigenvalue weighted by Gasteiger charge is -2.22. The first-order valence-corrected chi connectivity index (χ1v) is 6.41. The minimum atomic E-state index is -0.276. The van der Waals surface area contributed by atoms with Crippen LogP contribution in [0.2, 0.25) is 0 Å². The summed E-state index contributed by atoms with van der Waals surface area (Å²) in [4.78, 5) is 17.8. The Bertz CT molecular complexity index is 531. The van der Waals surface area contributed by atoms with Gasteiger partial charge < -0.3 is 10.0 Å². The smallest absolute Gasteiger partial charge is 0.323 e. The molecule has 1 aromatic carbocycles. The predicted molar refractivity (Wildman–Crippen MR) is 77.2 cm³/mol. The first-order valence-electron chi connectivity index (χ1n) is 6.41. The van der Waals surface area contributed by atoms with E-state index in [0.29, 0.717) is 12.4 Å². The van der Waals surface area contributed by atoms with Gasteiger partial charge in [0.2, 0.25) is 0 Å². The Morgan fingerprint density at radius 2 is 1.90 bits per heavy atom. The van der Waals surface area contributed by atoms with Gasteiger partial charge in [0, 0.05) is 19.3 Å². The molecule has 0 radical (unpaired) electrons. The van der Waals surface area contributed by atoms with Crippen molar-refractivity contribution in [2.45, 2.75) is 6.54 Å². The van der Waals surface area contributed by atoms with Gasteiger partial charge in [-0.3, -0.25) is 5.32 Å². The summed E-state index contributed by atoms with van der Waals surface area (Å²) in [5.74, 6) is 0.494. The zero-order chi connectivity index (χ0) is 14.2. The van der Waals surface area contributed by atoms with Crippen molar-refractivity contribution in [1.82, 2.24) is 9.88 Å². The third kappa shape index (κ3) is 4.07. The van der Waals surface area contributed by atoms with Crippen molar-refractivity contribution in [3.05, 3.63) is 60.3 Å². The van der Waals surface area contributed by atoms with E-state index >= 15 is 0 Å². The molecule has 0 saturated heterocycles. The van der Waals surface area contributed by atoms with E-state index < -0.39 is 0 Å². The summed E-state index contributed by atoms with van der Waals surface area (Å²) in [5.41, 5.74) is 1.01. The van der Waals surface area contributed by atoms with Crippen LogP contribution in [-0.4, -0.2) is 34.2 Å². The molecule has 0 bridgehead atoms. The highest BCUT2D eigenvalue weighted by Crippen LogP contribution is 2.07. The van der Waals surface area contributed by atoms with Crippen LogP contribution >= 0.6 is 0 Å². The molecule has 2 N–H and O–H groups in total. The van der Waals surface area contributed by atoms with Crippen molar-refractivity contribution in [1.29, 1.82) is 0 Å². The Kier molecular flexibility index (Phi) is 5.08. The summed E-state index contributed by atoms with van der Waals surface area (Å²) < 4.78 is 0. The maximum absolute atomic E-state index is 12.2. The Morgan fingerprint density at radius 1 is 1.15 bits per heavy atom. The van der Waals surface area contributed by atoms with E-state index in [-0.39, 0.29) is 19.2 Å². The van der Waals surface area contributed by atoms with Gasteiger partial charge in [0.15, 0.2) is 0 Å². The van der Waals surface area contributed by atoms with Gasteiger partial charge in [0.1, 0.15) is 5.82 Å². The van der Waals surface area contributed by atoms with Crippen LogP contribution in [0.25, 0.3) is 0 Å². The predicted octanol–water partition coefficient (Wildman–Crippen LogP) is 2.11. The number of aliphatic hydroxyl groups excluding tert-OH is 1. The molecule has 0 aliphatic carbocycles. The monoisotopic (exact) mass is 271 g/mol. The van der Waals surface area contributed by atoms with E-state index in [2.05, 4.69) is 10.3 Å². The number of aromatic nitrogens is 1. The number of hydrogen-bond acceptors (Lipinski definition) is 3. The molecule has 2 rings (SSSR count). The number of hydrogen-bond donors (Lipinski definition) is 2. The van der Waals surface area contributed by atoms with E-state index in [1.54, 1.807) is 29.3 Å². The largest absolute Gasteiger partial charge is 0.395 e. The molecule has 0 aliphatic rings. The average molecular weight is 271 g/mol. The van der Waals surface area contributed by atoms with Crippen molar-refractivity contribution in [3.63, 3.8) is 0 Å². The lowest BCUT2D eigenvalue weighted by Crippen LogP contribution is -2.36. The second-order valence-electron chi connectivity index (χ2n) is 4.28. The third-order valence-corrected chi connectivity index (χ3v) is 2.77. The Labute approximate surface area is 117 Å². The molecular weight excluding hydrogens is 254 g/mol. The highest BCUT2D eigenvalue weighted by atomic mass is 16.3. The number of amides is 2. The summed E-state index contributed by atoms with van der Waals surface area (Å²) in [6, 6.07) is 14.7. The lowest BCUT2D eigenvalue weighted by atomic mass is 10.2. The molecule has 0 saturated carbocycles. The molecule has 5 nitrogen and oxygen atoms in total. The number of nitrogens with zero attached hydrogens (tertiary/aromatic N) is 2. The first-order chi connectivity index (χ1) is 9.79. The lowest BCUT2D eigenvalue weighted by molar-refractivity contribution is 0.185. The molecule has 1 aromatic heterocycles. The van der Waals surface area contributed by atoms with Gasteiger partial charge in [-0.25, -0.2) is 9.78 Å². The molecule has 1 heterocycles. The summed E-state index contributed by atoms with van der Waals surface area (Å²) in [7, 11) is 0. The molecule has 0 spiro atoms. The highest BCUT2D eigenvalue weighted by molar-refractivity contribution is 5.88. The number of pyridine rings is 1. The second-order valence-corrected chi connectivity index (χ2v) is 4.28. The first kappa shape index (κ1) is 14.0. The van der Waals surface area contributed by atoms with Crippen molar-refractivity contribution in [3.8, 4) is 0 Å². The zero-order valence-electron chi connectivity index (χ0n) is 11.1. The normalized spacial score (nSPS) is 10.1. The number of nitrogens with one attached hydrogen (secondary N) is 1. The van der Waals surface area contributed by atoms with Crippen LogP contribution in [0.1, 0.15) is 5.56 Å². The van der Waals surface area contributed by atoms with Crippen LogP contribution < -0.4 is 5.32 Å². The maximum Gasteiger partial charge on any atom is 0.323 e. The Hall–Kier alpha value is -2.40. The summed E-state index contributed by atoms with van der Waals surface area (Å²) in [5, 5.41) is 11.8. The van der Waals surface area contributed by atoms with Gasteiger partial charge in [-0.05, 0) is 17.7 Å². The number of carbonyl (C=O) groups is 1. The minimum absolute atomic E-state index is 0.0809. The molecular formula is C15H17N3O2. The van der Waals surface area contributed by atoms with Crippen LogP contribution in [0.4, 0.5) is 10.6 Å². The fraction of sp³-hybridized carbons (Fsp3) is 0.200. The summed E-state index contributed by atoms with van der Waals surface area (Å²) in [6.07, 6.45) is 1.61. The summed E-state index contributed by atoms with van der Waals surface area (Å²) >= 11 is 0. The molecule has 2 amide bonds. The Balaban J connectivity index is 2.02. The average Bonchev–Trinajstić information content (AvgIpc) is 2.49. The summed E-state index contributed by atoms with van der Waals surface area (Å²) in [6.45, 7) is 0.635. The van der Waals surface area contributed by atoms with E-state index in [1.165, 1.54) is 0 Å². The molecule has 20 heavy (non-hydrogen) atoms. The van der Waals surface area contributed by atoms with Gasteiger partial charge in [-0.15, -0.1) is 0 Å². The molecule has 104 valence electrons. The van der Waals surface area contributed by atoms with E-state index in [0.717, 1.165) is 5.56 Å². The molecule has 2 aromatic rings. The minimum Gasteiger partial charge on any atom is -0.395 e. The fourth-order valence-corrected chi connectivity index (χ4v) is 1.80. The Morgan fingerprint density at radius 3 is 2.55 bits per heavy atom. The van der Waals surface area contributed by atoms with Gasteiger partial charge in [0.25, 0.3) is 0 Å². The number of urea groups is 1. The quantitative estimate of drug-likeness (QED) is 0.875. The van der Waals surface area contributed by atoms with Crippen molar-refractivity contribution < 1.29 is 9.90 Å². The fourth-order valence-electron chi connectivity index (χ4n) is 1.80. The van der Waals surface area contributed by atoms with Gasteiger partial charge in [0.05, 0.1) is 6.61 Å². The van der Waals surface area contributed by atoms with Crippen molar-refractivity contribution in [2.24, 2.45) is 0 Å². The van der Waals surface area contributed by atoms with Crippen LogP contribution in [0.5, 0.6) is 0 Å². The van der Waals surface area contributed by atoms with Crippen molar-refractivity contribution >= 4 is 11.8 Å². The third-order valence-electron chi connectivity index (χ3n) is 2.77. The van der Waals surface area contributed by atoms with E-state index in [9.17, 15) is 4.79 Å². The van der Waals surface area contributed by atoms with Gasteiger partial charge >= 0.3 is 6.03 Å². The molecule has 5 heteroatoms. The standard InChI is InChI=1S/C15H17N3O2/c19-11-10-18(12-13-6-2-1-3-7-13)15(20)17-14-8-4-5-9-16-14/h1-9,19H,10-12H2,(H,16,17,20). The van der Waals surface area contributed by atoms with Crippen LogP contribution in [0, 0.1) is 0 Å². The molecule has 0 aliphatic heterocycles. The SMILES string of the molecule is O=C(Nc1ccccn1)N(CCO)Cc1ccccc1. The number of aliphatic hydroxyl groups is 1. The van der Waals surface area contributed by atoms with E-state index in [4.69, 9.17) is 5.11 Å². The number of benzene rings is 1. The topological polar surface area (TPSA) is 65.5 Å². The number of anilines is 1.